The minimum Gasteiger partial charge on any atom is -0.464 e. The van der Waals surface area contributed by atoms with Gasteiger partial charge < -0.3 is 9.73 Å². The summed E-state index contributed by atoms with van der Waals surface area (Å²) >= 11 is 0. The van der Waals surface area contributed by atoms with Gasteiger partial charge in [-0.1, -0.05) is 19.8 Å². The standard InChI is InChI=1S/C12H21NO3S/c1-3-4-5-8-17(14,15)10-12-7-6-11(16-12)9-13-2/h6-7,13H,3-5,8-10H2,1-2H3. The molecule has 98 valence electrons. The van der Waals surface area contributed by atoms with Gasteiger partial charge in [0.05, 0.1) is 12.3 Å². The average molecular weight is 259 g/mol. The fourth-order valence-electron chi connectivity index (χ4n) is 1.63. The number of rotatable bonds is 8. The van der Waals surface area contributed by atoms with Crippen LogP contribution in [0.15, 0.2) is 16.5 Å². The van der Waals surface area contributed by atoms with Crippen LogP contribution in [0.1, 0.15) is 37.7 Å². The van der Waals surface area contributed by atoms with Crippen LogP contribution in [0.4, 0.5) is 0 Å². The molecule has 0 amide bonds. The van der Waals surface area contributed by atoms with E-state index in [1.54, 1.807) is 6.07 Å². The maximum atomic E-state index is 11.8. The largest absolute Gasteiger partial charge is 0.464 e. The SMILES string of the molecule is CCCCCS(=O)(=O)Cc1ccc(CNC)o1. The normalized spacial score (nSPS) is 11.9. The fourth-order valence-corrected chi connectivity index (χ4v) is 3.01. The van der Waals surface area contributed by atoms with Gasteiger partial charge in [-0.05, 0) is 25.6 Å². The summed E-state index contributed by atoms with van der Waals surface area (Å²) in [5, 5.41) is 2.96. The lowest BCUT2D eigenvalue weighted by molar-refractivity contribution is 0.464. The van der Waals surface area contributed by atoms with E-state index in [0.717, 1.165) is 25.0 Å². The van der Waals surface area contributed by atoms with Crippen molar-refractivity contribution in [3.8, 4) is 0 Å². The third-order valence-corrected chi connectivity index (χ3v) is 4.12. The van der Waals surface area contributed by atoms with Crippen molar-refractivity contribution in [2.24, 2.45) is 0 Å². The molecule has 0 spiro atoms. The number of hydrogen-bond donors (Lipinski definition) is 1. The third-order valence-electron chi connectivity index (χ3n) is 2.49. The van der Waals surface area contributed by atoms with Crippen LogP contribution in [0.5, 0.6) is 0 Å². The second-order valence-electron chi connectivity index (χ2n) is 4.20. The molecule has 4 nitrogen and oxygen atoms in total. The van der Waals surface area contributed by atoms with Crippen LogP contribution >= 0.6 is 0 Å². The first-order valence-corrected chi connectivity index (χ1v) is 7.82. The molecule has 0 saturated carbocycles. The summed E-state index contributed by atoms with van der Waals surface area (Å²) in [5.74, 6) is 1.57. The zero-order chi connectivity index (χ0) is 12.7. The van der Waals surface area contributed by atoms with E-state index < -0.39 is 9.84 Å². The molecule has 1 heterocycles. The van der Waals surface area contributed by atoms with Crippen LogP contribution in [0.2, 0.25) is 0 Å². The van der Waals surface area contributed by atoms with E-state index in [1.165, 1.54) is 0 Å². The second kappa shape index (κ2) is 6.81. The molecule has 1 aromatic rings. The Balaban J connectivity index is 2.50. The van der Waals surface area contributed by atoms with Gasteiger partial charge in [0.2, 0.25) is 0 Å². The molecule has 1 rings (SSSR count). The lowest BCUT2D eigenvalue weighted by atomic mass is 10.3. The fraction of sp³-hybridized carbons (Fsp3) is 0.667. The zero-order valence-electron chi connectivity index (χ0n) is 10.5. The summed E-state index contributed by atoms with van der Waals surface area (Å²) in [4.78, 5) is 0. The Kier molecular flexibility index (Phi) is 5.71. The van der Waals surface area contributed by atoms with E-state index in [2.05, 4.69) is 12.2 Å². The number of sulfone groups is 1. The first-order valence-electron chi connectivity index (χ1n) is 6.00. The first kappa shape index (κ1) is 14.3. The van der Waals surface area contributed by atoms with Crippen molar-refractivity contribution in [1.82, 2.24) is 5.32 Å². The van der Waals surface area contributed by atoms with Gasteiger partial charge >= 0.3 is 0 Å². The summed E-state index contributed by atoms with van der Waals surface area (Å²) in [5.41, 5.74) is 0. The molecular weight excluding hydrogens is 238 g/mol. The molecule has 0 aromatic carbocycles. The van der Waals surface area contributed by atoms with Gasteiger partial charge in [-0.3, -0.25) is 0 Å². The molecule has 0 aliphatic rings. The van der Waals surface area contributed by atoms with Gasteiger partial charge in [0.15, 0.2) is 9.84 Å². The van der Waals surface area contributed by atoms with Crippen molar-refractivity contribution in [2.45, 2.75) is 38.5 Å². The molecule has 0 fully saturated rings. The lowest BCUT2D eigenvalue weighted by Crippen LogP contribution is -2.09. The highest BCUT2D eigenvalue weighted by Gasteiger charge is 2.14. The number of furan rings is 1. The minimum atomic E-state index is -3.02. The second-order valence-corrected chi connectivity index (χ2v) is 6.38. The van der Waals surface area contributed by atoms with Crippen LogP contribution in [0, 0.1) is 0 Å². The van der Waals surface area contributed by atoms with E-state index in [4.69, 9.17) is 4.42 Å². The Morgan fingerprint density at radius 2 is 1.94 bits per heavy atom. The predicted octanol–water partition coefficient (Wildman–Crippen LogP) is 2.10. The average Bonchev–Trinajstić information content (AvgIpc) is 2.65. The van der Waals surface area contributed by atoms with Crippen molar-refractivity contribution < 1.29 is 12.8 Å². The molecule has 0 radical (unpaired) electrons. The van der Waals surface area contributed by atoms with E-state index in [1.807, 2.05) is 13.1 Å². The Labute approximate surface area is 103 Å². The highest BCUT2D eigenvalue weighted by atomic mass is 32.2. The molecule has 0 aliphatic heterocycles. The Morgan fingerprint density at radius 3 is 2.59 bits per heavy atom. The third kappa shape index (κ3) is 5.37. The van der Waals surface area contributed by atoms with Crippen molar-refractivity contribution in [3.05, 3.63) is 23.7 Å². The van der Waals surface area contributed by atoms with Crippen LogP contribution in [0.3, 0.4) is 0 Å². The van der Waals surface area contributed by atoms with Crippen LogP contribution in [0.25, 0.3) is 0 Å². The van der Waals surface area contributed by atoms with Crippen LogP contribution < -0.4 is 5.32 Å². The Morgan fingerprint density at radius 1 is 1.24 bits per heavy atom. The lowest BCUT2D eigenvalue weighted by Gasteiger charge is -2.01. The Hall–Kier alpha value is -0.810. The smallest absolute Gasteiger partial charge is 0.157 e. The summed E-state index contributed by atoms with van der Waals surface area (Å²) in [6.07, 6.45) is 2.73. The van der Waals surface area contributed by atoms with E-state index in [-0.39, 0.29) is 11.5 Å². The summed E-state index contributed by atoms with van der Waals surface area (Å²) in [7, 11) is -1.20. The molecule has 0 saturated heterocycles. The van der Waals surface area contributed by atoms with E-state index in [0.29, 0.717) is 12.3 Å². The van der Waals surface area contributed by atoms with Gasteiger partial charge in [-0.2, -0.15) is 0 Å². The minimum absolute atomic E-state index is 0.0143. The highest BCUT2D eigenvalue weighted by molar-refractivity contribution is 7.90. The maximum absolute atomic E-state index is 11.8. The van der Waals surface area contributed by atoms with Gasteiger partial charge in [0.1, 0.15) is 17.3 Å². The molecule has 0 bridgehead atoms. The monoisotopic (exact) mass is 259 g/mol. The Bertz CT molecular complexity index is 423. The molecule has 0 unspecified atom stereocenters. The molecule has 5 heteroatoms. The summed E-state index contributed by atoms with van der Waals surface area (Å²) < 4.78 is 29.0. The molecule has 1 aromatic heterocycles. The molecule has 0 atom stereocenters. The van der Waals surface area contributed by atoms with Crippen LogP contribution in [-0.4, -0.2) is 21.2 Å². The molecule has 17 heavy (non-hydrogen) atoms. The van der Waals surface area contributed by atoms with Gasteiger partial charge in [-0.15, -0.1) is 0 Å². The van der Waals surface area contributed by atoms with Crippen molar-refractivity contribution >= 4 is 9.84 Å². The topological polar surface area (TPSA) is 59.3 Å². The van der Waals surface area contributed by atoms with Gasteiger partial charge in [0.25, 0.3) is 0 Å². The van der Waals surface area contributed by atoms with E-state index >= 15 is 0 Å². The highest BCUT2D eigenvalue weighted by Crippen LogP contribution is 2.13. The summed E-state index contributed by atoms with van der Waals surface area (Å²) in [6, 6.07) is 3.55. The zero-order valence-corrected chi connectivity index (χ0v) is 11.3. The maximum Gasteiger partial charge on any atom is 0.157 e. The number of nitrogens with one attached hydrogen (secondary N) is 1. The van der Waals surface area contributed by atoms with Crippen LogP contribution in [-0.2, 0) is 22.1 Å². The molecule has 1 N–H and O–H groups in total. The van der Waals surface area contributed by atoms with Crippen molar-refractivity contribution in [1.29, 1.82) is 0 Å². The molecular formula is C12H21NO3S. The molecule has 0 aliphatic carbocycles. The predicted molar refractivity (Wildman–Crippen MR) is 68.5 cm³/mol. The van der Waals surface area contributed by atoms with Crippen molar-refractivity contribution in [2.75, 3.05) is 12.8 Å². The quantitative estimate of drug-likeness (QED) is 0.726. The summed E-state index contributed by atoms with van der Waals surface area (Å²) in [6.45, 7) is 2.68. The van der Waals surface area contributed by atoms with Gasteiger partial charge in [-0.25, -0.2) is 8.42 Å². The van der Waals surface area contributed by atoms with Gasteiger partial charge in [0, 0.05) is 0 Å². The van der Waals surface area contributed by atoms with Crippen molar-refractivity contribution in [3.63, 3.8) is 0 Å². The van der Waals surface area contributed by atoms with E-state index in [9.17, 15) is 8.42 Å². The first-order chi connectivity index (χ1) is 8.07. The number of hydrogen-bond acceptors (Lipinski definition) is 4. The number of unbranched alkanes of at least 4 members (excludes halogenated alkanes) is 2.